The van der Waals surface area contributed by atoms with Crippen molar-refractivity contribution in [2.45, 2.75) is 132 Å². The van der Waals surface area contributed by atoms with E-state index in [4.69, 9.17) is 17.2 Å². The maximum atomic E-state index is 14.8. The zero-order chi connectivity index (χ0) is 44.8. The van der Waals surface area contributed by atoms with Crippen LogP contribution in [0.2, 0.25) is 0 Å². The Kier molecular flexibility index (Phi) is 14.0. The Hall–Kier alpha value is -6.38. The summed E-state index contributed by atoms with van der Waals surface area (Å²) >= 11 is 0. The number of benzene rings is 1. The van der Waals surface area contributed by atoms with Gasteiger partial charge in [-0.05, 0) is 62.5 Å². The highest BCUT2D eigenvalue weighted by atomic mass is 16.2. The van der Waals surface area contributed by atoms with Crippen LogP contribution in [0.5, 0.6) is 0 Å². The van der Waals surface area contributed by atoms with Crippen molar-refractivity contribution in [2.75, 3.05) is 13.1 Å². The molecule has 1 aromatic carbocycles. The maximum absolute atomic E-state index is 14.8. The van der Waals surface area contributed by atoms with Crippen molar-refractivity contribution in [1.29, 1.82) is 0 Å². The van der Waals surface area contributed by atoms with E-state index in [1.54, 1.807) is 10.9 Å². The van der Waals surface area contributed by atoms with Crippen molar-refractivity contribution in [3.05, 3.63) is 47.9 Å². The Bertz CT molecular complexity index is 2210. The van der Waals surface area contributed by atoms with Crippen molar-refractivity contribution in [2.24, 2.45) is 23.1 Å². The molecule has 338 valence electrons. The zero-order valence-electron chi connectivity index (χ0n) is 35.1. The molecule has 2 saturated heterocycles. The highest BCUT2D eigenvalue weighted by Crippen LogP contribution is 2.37. The van der Waals surface area contributed by atoms with Crippen LogP contribution in [-0.2, 0) is 44.8 Å². The second kappa shape index (κ2) is 19.8. The monoisotopic (exact) mass is 871 g/mol. The molecule has 2 aliphatic carbocycles. The van der Waals surface area contributed by atoms with Crippen molar-refractivity contribution in [3.63, 3.8) is 0 Å². The van der Waals surface area contributed by atoms with Gasteiger partial charge in [-0.15, -0.1) is 5.10 Å². The fourth-order valence-electron chi connectivity index (χ4n) is 8.93. The molecule has 0 spiro atoms. The molecule has 2 saturated carbocycles. The van der Waals surface area contributed by atoms with E-state index in [-0.39, 0.29) is 44.2 Å². The SMILES string of the molecule is NC(=O)C[C@@H]1NC(=O)[C@@H](N)CC(=O)NCCCC[C@@H](C(N)=O)NC(=O)[C@H](Cc2c[nH]c3ccccc23)NC(=O)[C@@H]2C[C@H](n3cc(C4CCCC4)nn3)CN2C(=O)[C@H](C2CC2)NC1=O. The van der Waals surface area contributed by atoms with Gasteiger partial charge in [-0.2, -0.15) is 0 Å². The lowest BCUT2D eigenvalue weighted by Gasteiger charge is -2.31. The highest BCUT2D eigenvalue weighted by Gasteiger charge is 2.48. The van der Waals surface area contributed by atoms with Crippen LogP contribution in [-0.4, -0.2) is 121 Å². The van der Waals surface area contributed by atoms with Gasteiger partial charge in [-0.3, -0.25) is 38.4 Å². The lowest BCUT2D eigenvalue weighted by molar-refractivity contribution is -0.143. The minimum absolute atomic E-state index is 0.00487. The van der Waals surface area contributed by atoms with Crippen LogP contribution in [0.25, 0.3) is 10.9 Å². The molecule has 4 fully saturated rings. The molecule has 12 N–H and O–H groups in total. The first-order chi connectivity index (χ1) is 30.2. The normalized spacial score (nSPS) is 27.8. The number of nitrogens with two attached hydrogens (primary N) is 3. The Morgan fingerprint density at radius 1 is 0.810 bits per heavy atom. The van der Waals surface area contributed by atoms with Crippen molar-refractivity contribution >= 4 is 58.2 Å². The number of rotatable bonds is 8. The fourth-order valence-corrected chi connectivity index (χ4v) is 8.93. The molecule has 0 bridgehead atoms. The summed E-state index contributed by atoms with van der Waals surface area (Å²) in [5.74, 6) is -6.06. The molecule has 63 heavy (non-hydrogen) atoms. The molecular weight excluding hydrogens is 815 g/mol. The summed E-state index contributed by atoms with van der Waals surface area (Å²) in [5.41, 5.74) is 19.6. The zero-order valence-corrected chi connectivity index (χ0v) is 35.1. The number of hydrogen-bond acceptors (Lipinski definition) is 11. The average Bonchev–Trinajstić information content (AvgIpc) is 3.67. The number of carbonyl (C=O) groups excluding carboxylic acids is 8. The number of primary amides is 2. The molecule has 3 aromatic rings. The van der Waals surface area contributed by atoms with Crippen molar-refractivity contribution < 1.29 is 38.4 Å². The van der Waals surface area contributed by atoms with Gasteiger partial charge in [0.05, 0.1) is 30.6 Å². The van der Waals surface area contributed by atoms with Gasteiger partial charge in [0.25, 0.3) is 0 Å². The number of para-hydroxylation sites is 1. The summed E-state index contributed by atoms with van der Waals surface area (Å²) in [6.07, 6.45) is 8.71. The highest BCUT2D eigenvalue weighted by molar-refractivity contribution is 5.99. The number of carbonyl (C=O) groups is 8. The molecule has 0 radical (unpaired) electrons. The van der Waals surface area contributed by atoms with E-state index in [1.807, 2.05) is 30.5 Å². The van der Waals surface area contributed by atoms with E-state index < -0.39 is 102 Å². The molecule has 8 amide bonds. The maximum Gasteiger partial charge on any atom is 0.246 e. The first-order valence-corrected chi connectivity index (χ1v) is 21.8. The van der Waals surface area contributed by atoms with E-state index in [1.165, 1.54) is 4.90 Å². The van der Waals surface area contributed by atoms with Gasteiger partial charge in [-0.25, -0.2) is 4.68 Å². The molecular formula is C42H57N13O8. The third kappa shape index (κ3) is 11.0. The van der Waals surface area contributed by atoms with Crippen molar-refractivity contribution in [3.8, 4) is 0 Å². The molecule has 7 atom stereocenters. The standard InChI is InChI=1S/C42H57N13O8/c43-27-17-35(57)46-14-6-5-11-29(37(45)58)48-39(60)30(15-24-19-47-28-10-4-3-9-26(24)28)50-41(62)33-16-25(55-21-32(52-53-55)22-7-1-2-8-22)20-54(33)42(63)36(23-12-13-23)51-40(61)31(18-34(44)56)49-38(27)59/h3-4,9-10,19,21-23,25,27,29-31,33,36,47H,1-2,5-8,11-18,20,43H2,(H2,44,56)(H2,45,58)(H,46,57)(H,48,60)(H,49,59)(H,50,62)(H,51,61)/t25-,27-,29-,30-,31-,33-,36-/m0/s1. The van der Waals surface area contributed by atoms with Crippen LogP contribution >= 0.6 is 0 Å². The van der Waals surface area contributed by atoms with Crippen LogP contribution in [0.1, 0.15) is 100 Å². The quantitative estimate of drug-likeness (QED) is 0.126. The third-order valence-electron chi connectivity index (χ3n) is 12.6. The van der Waals surface area contributed by atoms with Gasteiger partial charge in [0.15, 0.2) is 0 Å². The first-order valence-electron chi connectivity index (χ1n) is 21.8. The van der Waals surface area contributed by atoms with Gasteiger partial charge in [-0.1, -0.05) is 36.3 Å². The predicted molar refractivity (Wildman–Crippen MR) is 225 cm³/mol. The minimum Gasteiger partial charge on any atom is -0.370 e. The van der Waals surface area contributed by atoms with Crippen molar-refractivity contribution in [1.82, 2.24) is 51.5 Å². The predicted octanol–water partition coefficient (Wildman–Crippen LogP) is -1.47. The number of hydrogen-bond donors (Lipinski definition) is 9. The number of H-pyrrole nitrogens is 1. The number of aromatic amines is 1. The molecule has 4 aliphatic rings. The van der Waals surface area contributed by atoms with Gasteiger partial charge in [0.2, 0.25) is 47.3 Å². The number of amides is 8. The van der Waals surface area contributed by atoms with Gasteiger partial charge in [0.1, 0.15) is 30.2 Å². The molecule has 7 rings (SSSR count). The summed E-state index contributed by atoms with van der Waals surface area (Å²) in [4.78, 5) is 113. The largest absolute Gasteiger partial charge is 0.370 e. The molecule has 21 heteroatoms. The van der Waals surface area contributed by atoms with Crippen LogP contribution in [0.3, 0.4) is 0 Å². The summed E-state index contributed by atoms with van der Waals surface area (Å²) in [7, 11) is 0. The van der Waals surface area contributed by atoms with Gasteiger partial charge < -0.3 is 53.7 Å². The molecule has 0 unspecified atom stereocenters. The Morgan fingerprint density at radius 2 is 1.52 bits per heavy atom. The first kappa shape index (κ1) is 44.7. The van der Waals surface area contributed by atoms with Gasteiger partial charge >= 0.3 is 0 Å². The number of nitrogens with zero attached hydrogens (tertiary/aromatic N) is 4. The minimum atomic E-state index is -1.53. The Morgan fingerprint density at radius 3 is 2.25 bits per heavy atom. The van der Waals surface area contributed by atoms with E-state index in [2.05, 4.69) is 41.9 Å². The summed E-state index contributed by atoms with van der Waals surface area (Å²) in [5, 5.41) is 23.1. The fraction of sp³-hybridized carbons (Fsp3) is 0.571. The summed E-state index contributed by atoms with van der Waals surface area (Å²) in [6, 6.07) is -0.683. The number of aromatic nitrogens is 4. The Balaban J connectivity index is 1.22. The summed E-state index contributed by atoms with van der Waals surface area (Å²) < 4.78 is 1.66. The topological polar surface area (TPSA) is 325 Å². The third-order valence-corrected chi connectivity index (χ3v) is 12.6. The Labute approximate surface area is 363 Å². The molecule has 4 heterocycles. The summed E-state index contributed by atoms with van der Waals surface area (Å²) in [6.45, 7) is 0.148. The molecule has 2 aliphatic heterocycles. The lowest BCUT2D eigenvalue weighted by Crippen LogP contribution is -2.60. The smallest absolute Gasteiger partial charge is 0.246 e. The van der Waals surface area contributed by atoms with E-state index in [0.29, 0.717) is 31.2 Å². The van der Waals surface area contributed by atoms with Crippen LogP contribution in [0, 0.1) is 5.92 Å². The molecule has 21 nitrogen and oxygen atoms in total. The second-order valence-electron chi connectivity index (χ2n) is 17.3. The van der Waals surface area contributed by atoms with Gasteiger partial charge in [0, 0.05) is 55.1 Å². The average molecular weight is 872 g/mol. The second-order valence-corrected chi connectivity index (χ2v) is 17.3. The molecule has 2 aromatic heterocycles. The van der Waals surface area contributed by atoms with Crippen LogP contribution in [0.15, 0.2) is 36.7 Å². The van der Waals surface area contributed by atoms with Crippen LogP contribution in [0.4, 0.5) is 0 Å². The van der Waals surface area contributed by atoms with E-state index in [9.17, 15) is 38.4 Å². The lowest BCUT2D eigenvalue weighted by atomic mass is 10.0. The van der Waals surface area contributed by atoms with E-state index in [0.717, 1.165) is 42.3 Å². The number of fused-ring (bicyclic) bond motifs is 2. The number of nitrogens with one attached hydrogen (secondary N) is 6. The van der Waals surface area contributed by atoms with Crippen LogP contribution < -0.4 is 43.8 Å². The van der Waals surface area contributed by atoms with E-state index >= 15 is 0 Å².